The van der Waals surface area contributed by atoms with E-state index in [1.54, 1.807) is 10.8 Å². The number of hydrogen-bond acceptors (Lipinski definition) is 7. The summed E-state index contributed by atoms with van der Waals surface area (Å²) in [4.78, 5) is 19.2. The van der Waals surface area contributed by atoms with Crippen molar-refractivity contribution in [2.24, 2.45) is 12.5 Å². The zero-order valence-corrected chi connectivity index (χ0v) is 22.2. The summed E-state index contributed by atoms with van der Waals surface area (Å²) < 4.78 is 83.7. The third-order valence-corrected chi connectivity index (χ3v) is 9.10. The minimum atomic E-state index is -4.71. The second-order valence-corrected chi connectivity index (χ2v) is 11.8. The van der Waals surface area contributed by atoms with Gasteiger partial charge in [0.15, 0.2) is 5.78 Å². The molecule has 0 bridgehead atoms. The van der Waals surface area contributed by atoms with Crippen LogP contribution in [0, 0.1) is 11.2 Å². The van der Waals surface area contributed by atoms with Crippen LogP contribution < -0.4 is 0 Å². The van der Waals surface area contributed by atoms with E-state index in [4.69, 9.17) is 0 Å². The summed E-state index contributed by atoms with van der Waals surface area (Å²) in [5, 5.41) is 11.8. The molecule has 1 aliphatic heterocycles. The number of fused-ring (bicyclic) bond motifs is 2. The molecule has 212 valence electrons. The van der Waals surface area contributed by atoms with E-state index in [0.29, 0.717) is 28.6 Å². The zero-order chi connectivity index (χ0) is 29.2. The highest BCUT2D eigenvalue weighted by Crippen LogP contribution is 2.47. The van der Waals surface area contributed by atoms with Crippen LogP contribution >= 0.6 is 0 Å². The molecule has 0 N–H and O–H groups in total. The molecule has 41 heavy (non-hydrogen) atoms. The maximum Gasteiger partial charge on any atom is 0.416 e. The number of pyridine rings is 1. The van der Waals surface area contributed by atoms with E-state index < -0.39 is 44.5 Å². The quantitative estimate of drug-likeness (QED) is 0.259. The van der Waals surface area contributed by atoms with E-state index in [1.165, 1.54) is 37.5 Å². The van der Waals surface area contributed by atoms with Crippen molar-refractivity contribution in [2.45, 2.75) is 24.0 Å². The van der Waals surface area contributed by atoms with Gasteiger partial charge < -0.3 is 0 Å². The predicted octanol–water partition coefficient (Wildman–Crippen LogP) is 3.46. The van der Waals surface area contributed by atoms with Crippen LogP contribution in [0.3, 0.4) is 0 Å². The molecule has 6 rings (SSSR count). The summed E-state index contributed by atoms with van der Waals surface area (Å²) in [6, 6.07) is 7.09. The molecule has 1 aliphatic carbocycles. The molecular weight excluding hydrogens is 566 g/mol. The number of carbonyl (C=O) groups is 1. The number of halogens is 4. The molecule has 4 heterocycles. The molecule has 0 unspecified atom stereocenters. The lowest BCUT2D eigenvalue weighted by molar-refractivity contribution is -0.137. The van der Waals surface area contributed by atoms with Crippen LogP contribution in [0.5, 0.6) is 0 Å². The fraction of sp³-hybridized carbons (Fsp3) is 0.269. The van der Waals surface area contributed by atoms with Crippen molar-refractivity contribution < 1.29 is 30.8 Å². The van der Waals surface area contributed by atoms with Gasteiger partial charge in [0.05, 0.1) is 34.8 Å². The molecule has 0 spiro atoms. The van der Waals surface area contributed by atoms with Gasteiger partial charge in [-0.15, -0.1) is 5.10 Å². The number of alkyl halides is 3. The number of rotatable bonds is 5. The number of benzene rings is 1. The molecule has 0 amide bonds. The number of piperidine rings is 1. The third-order valence-electron chi connectivity index (χ3n) is 7.39. The van der Waals surface area contributed by atoms with Gasteiger partial charge in [-0.25, -0.2) is 17.5 Å². The molecule has 10 nitrogen and oxygen atoms in total. The number of hydrogen-bond donors (Lipinski definition) is 0. The van der Waals surface area contributed by atoms with Crippen molar-refractivity contribution in [3.8, 4) is 5.69 Å². The molecule has 1 saturated heterocycles. The SMILES string of the molecule is Cn1ncc(S(=O)(=O)N2CCC3=Cc4c(cnn4-c4ccc(F)cc4)C[C@]3(C(=O)c3cc(C(F)(F)F)ccn3)C2)n1. The van der Waals surface area contributed by atoms with Crippen molar-refractivity contribution in [1.82, 2.24) is 34.1 Å². The van der Waals surface area contributed by atoms with Crippen LogP contribution in [0.15, 0.2) is 65.6 Å². The van der Waals surface area contributed by atoms with E-state index in [2.05, 4.69) is 20.3 Å². The first-order valence-electron chi connectivity index (χ1n) is 12.4. The standard InChI is InChI=1S/C26H21F4N7O3S/c1-35-32-14-23(34-35)41(39,40)36-9-7-17-11-22-16(13-33-37(22)20-4-2-19(27)3-5-20)12-25(17,15-36)24(38)21-10-18(6-8-31-21)26(28,29)30/h2-6,8,10-11,13-14H,7,9,12,15H2,1H3/t25-/m0/s1. The Morgan fingerprint density at radius 2 is 1.83 bits per heavy atom. The lowest BCUT2D eigenvalue weighted by Gasteiger charge is -2.44. The van der Waals surface area contributed by atoms with E-state index >= 15 is 0 Å². The number of carbonyl (C=O) groups excluding carboxylic acids is 1. The normalized spacial score (nSPS) is 19.4. The second kappa shape index (κ2) is 9.41. The zero-order valence-electron chi connectivity index (χ0n) is 21.4. The molecule has 1 fully saturated rings. The summed E-state index contributed by atoms with van der Waals surface area (Å²) in [6.07, 6.45) is 0.585. The summed E-state index contributed by atoms with van der Waals surface area (Å²) in [6.45, 7) is -0.356. The number of ketones is 1. The van der Waals surface area contributed by atoms with E-state index in [9.17, 15) is 30.8 Å². The van der Waals surface area contributed by atoms with Gasteiger partial charge in [0.1, 0.15) is 11.5 Å². The van der Waals surface area contributed by atoms with Crippen molar-refractivity contribution in [1.29, 1.82) is 0 Å². The van der Waals surface area contributed by atoms with Crippen LogP contribution in [0.2, 0.25) is 0 Å². The summed E-state index contributed by atoms with van der Waals surface area (Å²) >= 11 is 0. The smallest absolute Gasteiger partial charge is 0.291 e. The highest BCUT2D eigenvalue weighted by atomic mass is 32.2. The maximum atomic E-state index is 14.2. The Labute approximate surface area is 231 Å². The van der Waals surface area contributed by atoms with Gasteiger partial charge in [0, 0.05) is 26.3 Å². The van der Waals surface area contributed by atoms with Crippen LogP contribution in [0.25, 0.3) is 11.8 Å². The summed E-state index contributed by atoms with van der Waals surface area (Å²) in [7, 11) is -2.73. The van der Waals surface area contributed by atoms with Gasteiger partial charge in [-0.1, -0.05) is 5.57 Å². The highest BCUT2D eigenvalue weighted by molar-refractivity contribution is 7.89. The minimum absolute atomic E-state index is 0.00416. The van der Waals surface area contributed by atoms with Gasteiger partial charge in [0.2, 0.25) is 5.03 Å². The fourth-order valence-corrected chi connectivity index (χ4v) is 6.75. The molecule has 0 saturated carbocycles. The topological polar surface area (TPSA) is 116 Å². The lowest BCUT2D eigenvalue weighted by Crippen LogP contribution is -2.53. The lowest BCUT2D eigenvalue weighted by atomic mass is 9.65. The largest absolute Gasteiger partial charge is 0.416 e. The molecule has 4 aromatic rings. The Bertz CT molecular complexity index is 1810. The Kier molecular flexibility index (Phi) is 6.19. The number of Topliss-reactive ketones (excluding diaryl/α,β-unsaturated/α-hetero) is 1. The average molecular weight is 588 g/mol. The number of aryl methyl sites for hydroxylation is 1. The predicted molar refractivity (Wildman–Crippen MR) is 136 cm³/mol. The van der Waals surface area contributed by atoms with Gasteiger partial charge in [0.25, 0.3) is 10.0 Å². The van der Waals surface area contributed by atoms with Crippen LogP contribution in [0.4, 0.5) is 17.6 Å². The summed E-state index contributed by atoms with van der Waals surface area (Å²) in [5.41, 5.74) is -0.769. The Balaban J connectivity index is 1.47. The Morgan fingerprint density at radius 3 is 2.51 bits per heavy atom. The van der Waals surface area contributed by atoms with Crippen LogP contribution in [0.1, 0.15) is 33.7 Å². The molecule has 0 radical (unpaired) electrons. The monoisotopic (exact) mass is 587 g/mol. The minimum Gasteiger partial charge on any atom is -0.291 e. The van der Waals surface area contributed by atoms with Gasteiger partial charge in [-0.05, 0) is 60.9 Å². The van der Waals surface area contributed by atoms with Crippen LogP contribution in [-0.2, 0) is 29.7 Å². The van der Waals surface area contributed by atoms with Crippen LogP contribution in [-0.4, -0.2) is 61.4 Å². The number of aromatic nitrogens is 6. The van der Waals surface area contributed by atoms with Crippen molar-refractivity contribution >= 4 is 21.9 Å². The average Bonchev–Trinajstić information content (AvgIpc) is 3.57. The number of nitrogens with zero attached hydrogens (tertiary/aromatic N) is 7. The fourth-order valence-electron chi connectivity index (χ4n) is 5.36. The van der Waals surface area contributed by atoms with E-state index in [-0.39, 0.29) is 31.0 Å². The van der Waals surface area contributed by atoms with Gasteiger partial charge in [-0.3, -0.25) is 9.78 Å². The second-order valence-electron chi connectivity index (χ2n) is 9.89. The van der Waals surface area contributed by atoms with E-state index in [0.717, 1.165) is 27.6 Å². The Morgan fingerprint density at radius 1 is 1.07 bits per heavy atom. The first-order valence-corrected chi connectivity index (χ1v) is 13.8. The number of sulfonamides is 1. The van der Waals surface area contributed by atoms with Crippen molar-refractivity contribution in [3.05, 3.63) is 88.9 Å². The molecule has 15 heteroatoms. The van der Waals surface area contributed by atoms with E-state index in [1.807, 2.05) is 0 Å². The van der Waals surface area contributed by atoms with Gasteiger partial charge >= 0.3 is 6.18 Å². The maximum absolute atomic E-state index is 14.2. The molecular formula is C26H21F4N7O3S. The van der Waals surface area contributed by atoms with Crippen molar-refractivity contribution in [3.63, 3.8) is 0 Å². The molecule has 2 aliphatic rings. The summed E-state index contributed by atoms with van der Waals surface area (Å²) in [5.74, 6) is -1.17. The first-order chi connectivity index (χ1) is 19.4. The van der Waals surface area contributed by atoms with Gasteiger partial charge in [-0.2, -0.15) is 32.5 Å². The molecule has 1 atom stereocenters. The van der Waals surface area contributed by atoms with Crippen molar-refractivity contribution in [2.75, 3.05) is 13.1 Å². The highest BCUT2D eigenvalue weighted by Gasteiger charge is 2.52. The molecule has 3 aromatic heterocycles. The first kappa shape index (κ1) is 27.0. The third kappa shape index (κ3) is 4.54. The Hall–Kier alpha value is -4.24. The molecule has 1 aromatic carbocycles.